The molecular weight excluding hydrogens is 407 g/mol. The number of nitrogens with zero attached hydrogens (tertiary/aromatic N) is 3. The Morgan fingerprint density at radius 1 is 1.06 bits per heavy atom. The van der Waals surface area contributed by atoms with Crippen molar-refractivity contribution < 1.29 is 22.4 Å². The third kappa shape index (κ3) is 3.52. The molecule has 0 bridgehead atoms. The smallest absolute Gasteiger partial charge is 0.417 e. The zero-order valence-electron chi connectivity index (χ0n) is 16.4. The van der Waals surface area contributed by atoms with E-state index in [0.29, 0.717) is 24.4 Å². The Morgan fingerprint density at radius 3 is 2.58 bits per heavy atom. The second-order valence-electron chi connectivity index (χ2n) is 7.67. The van der Waals surface area contributed by atoms with Crippen LogP contribution in [0, 0.1) is 0 Å². The highest BCUT2D eigenvalue weighted by Crippen LogP contribution is 2.38. The second kappa shape index (κ2) is 7.37. The van der Waals surface area contributed by atoms with Gasteiger partial charge in [-0.25, -0.2) is 4.98 Å². The third-order valence-electron chi connectivity index (χ3n) is 5.66. The zero-order chi connectivity index (χ0) is 21.6. The topological polar surface area (TPSA) is 59.2 Å². The molecule has 1 aliphatic heterocycles. The first-order valence-corrected chi connectivity index (χ1v) is 10.0. The first-order chi connectivity index (χ1) is 14.9. The number of fused-ring (bicyclic) bond motifs is 2. The zero-order valence-corrected chi connectivity index (χ0v) is 16.4. The number of aromatic nitrogens is 2. The van der Waals surface area contributed by atoms with Crippen LogP contribution in [0.5, 0.6) is 0 Å². The highest BCUT2D eigenvalue weighted by Gasteiger charge is 2.39. The molecule has 1 unspecified atom stereocenters. The standard InChI is InChI=1S/C23H18F3N3O2/c24-23(25,26)20-15-7-1-2-8-17(15)27-12-16(20)22(30)29-11-5-6-14(13-29)21-28-18-9-3-4-10-19(18)31-21/h1-4,7-10,12,14H,5-6,11,13H2. The quantitative estimate of drug-likeness (QED) is 0.431. The molecule has 0 aliphatic carbocycles. The lowest BCUT2D eigenvalue weighted by atomic mass is 9.96. The monoisotopic (exact) mass is 425 g/mol. The molecule has 4 aromatic rings. The third-order valence-corrected chi connectivity index (χ3v) is 5.66. The number of carbonyl (C=O) groups is 1. The molecule has 1 amide bonds. The van der Waals surface area contributed by atoms with E-state index in [0.717, 1.165) is 18.1 Å². The molecule has 5 nitrogen and oxygen atoms in total. The molecular formula is C23H18F3N3O2. The Bertz CT molecular complexity index is 1250. The van der Waals surface area contributed by atoms with Gasteiger partial charge >= 0.3 is 6.18 Å². The van der Waals surface area contributed by atoms with Gasteiger partial charge in [-0.2, -0.15) is 13.2 Å². The Labute approximate surface area is 175 Å². The fourth-order valence-electron chi connectivity index (χ4n) is 4.21. The van der Waals surface area contributed by atoms with Gasteiger partial charge in [-0.05, 0) is 31.0 Å². The number of hydrogen-bond acceptors (Lipinski definition) is 4. The average molecular weight is 425 g/mol. The van der Waals surface area contributed by atoms with Crippen molar-refractivity contribution in [1.29, 1.82) is 0 Å². The number of carbonyl (C=O) groups excluding carboxylic acids is 1. The Kier molecular flexibility index (Phi) is 4.64. The molecule has 0 N–H and O–H groups in total. The molecule has 31 heavy (non-hydrogen) atoms. The highest BCUT2D eigenvalue weighted by molar-refractivity contribution is 6.00. The number of likely N-dealkylation sites (tertiary alicyclic amines) is 1. The number of alkyl halides is 3. The fraction of sp³-hybridized carbons (Fsp3) is 0.261. The van der Waals surface area contributed by atoms with Crippen molar-refractivity contribution in [1.82, 2.24) is 14.9 Å². The molecule has 0 saturated carbocycles. The summed E-state index contributed by atoms with van der Waals surface area (Å²) in [5.74, 6) is -0.342. The number of hydrogen-bond donors (Lipinski definition) is 0. The van der Waals surface area contributed by atoms with Gasteiger partial charge in [-0.1, -0.05) is 30.3 Å². The second-order valence-corrected chi connectivity index (χ2v) is 7.67. The van der Waals surface area contributed by atoms with Gasteiger partial charge < -0.3 is 9.32 Å². The first kappa shape index (κ1) is 19.5. The lowest BCUT2D eigenvalue weighted by Gasteiger charge is -2.32. The van der Waals surface area contributed by atoms with Gasteiger partial charge in [0.25, 0.3) is 5.91 Å². The van der Waals surface area contributed by atoms with Crippen LogP contribution in [0.4, 0.5) is 13.2 Å². The molecule has 3 heterocycles. The van der Waals surface area contributed by atoms with Gasteiger partial charge in [-0.3, -0.25) is 9.78 Å². The van der Waals surface area contributed by atoms with Crippen LogP contribution in [0.25, 0.3) is 22.0 Å². The van der Waals surface area contributed by atoms with Gasteiger partial charge in [0.05, 0.1) is 22.6 Å². The number of para-hydroxylation sites is 3. The maximum atomic E-state index is 13.9. The Balaban J connectivity index is 1.49. The largest absolute Gasteiger partial charge is 0.440 e. The predicted octanol–water partition coefficient (Wildman–Crippen LogP) is 5.41. The van der Waals surface area contributed by atoms with Crippen molar-refractivity contribution in [2.24, 2.45) is 0 Å². The molecule has 2 aromatic carbocycles. The van der Waals surface area contributed by atoms with Crippen molar-refractivity contribution in [3.63, 3.8) is 0 Å². The number of oxazole rings is 1. The van der Waals surface area contributed by atoms with Crippen molar-refractivity contribution >= 4 is 27.9 Å². The molecule has 5 rings (SSSR count). The van der Waals surface area contributed by atoms with E-state index in [-0.39, 0.29) is 23.4 Å². The van der Waals surface area contributed by atoms with Crippen molar-refractivity contribution in [2.75, 3.05) is 13.1 Å². The number of amides is 1. The summed E-state index contributed by atoms with van der Waals surface area (Å²) >= 11 is 0. The SMILES string of the molecule is O=C(c1cnc2ccccc2c1C(F)(F)F)N1CCCC(c2nc3ccccc3o2)C1. The van der Waals surface area contributed by atoms with E-state index in [1.807, 2.05) is 24.3 Å². The van der Waals surface area contributed by atoms with E-state index in [1.54, 1.807) is 6.07 Å². The van der Waals surface area contributed by atoms with E-state index in [9.17, 15) is 18.0 Å². The maximum Gasteiger partial charge on any atom is 0.417 e. The van der Waals surface area contributed by atoms with E-state index in [4.69, 9.17) is 4.42 Å². The van der Waals surface area contributed by atoms with Crippen molar-refractivity contribution in [3.8, 4) is 0 Å². The van der Waals surface area contributed by atoms with E-state index >= 15 is 0 Å². The van der Waals surface area contributed by atoms with E-state index < -0.39 is 23.2 Å². The summed E-state index contributed by atoms with van der Waals surface area (Å²) in [5, 5.41) is -0.0756. The summed E-state index contributed by atoms with van der Waals surface area (Å²) in [7, 11) is 0. The van der Waals surface area contributed by atoms with E-state index in [1.165, 1.54) is 23.1 Å². The number of benzene rings is 2. The number of halogens is 3. The highest BCUT2D eigenvalue weighted by atomic mass is 19.4. The van der Waals surface area contributed by atoms with Gasteiger partial charge in [0, 0.05) is 24.7 Å². The van der Waals surface area contributed by atoms with Gasteiger partial charge in [-0.15, -0.1) is 0 Å². The normalized spacial score (nSPS) is 17.4. The van der Waals surface area contributed by atoms with Crippen LogP contribution >= 0.6 is 0 Å². The van der Waals surface area contributed by atoms with Crippen LogP contribution in [-0.2, 0) is 6.18 Å². The molecule has 1 saturated heterocycles. The van der Waals surface area contributed by atoms with Crippen LogP contribution in [0.3, 0.4) is 0 Å². The maximum absolute atomic E-state index is 13.9. The molecule has 0 radical (unpaired) electrons. The van der Waals surface area contributed by atoms with E-state index in [2.05, 4.69) is 9.97 Å². The first-order valence-electron chi connectivity index (χ1n) is 10.0. The van der Waals surface area contributed by atoms with Crippen LogP contribution in [0.1, 0.15) is 40.6 Å². The lowest BCUT2D eigenvalue weighted by molar-refractivity contribution is -0.136. The van der Waals surface area contributed by atoms with Crippen LogP contribution in [-0.4, -0.2) is 33.9 Å². The average Bonchev–Trinajstić information content (AvgIpc) is 3.21. The predicted molar refractivity (Wildman–Crippen MR) is 109 cm³/mol. The summed E-state index contributed by atoms with van der Waals surface area (Å²) < 4.78 is 47.7. The minimum absolute atomic E-state index is 0.0756. The Hall–Kier alpha value is -3.42. The van der Waals surface area contributed by atoms with Crippen LogP contribution in [0.2, 0.25) is 0 Å². The van der Waals surface area contributed by atoms with Crippen LogP contribution < -0.4 is 0 Å². The summed E-state index contributed by atoms with van der Waals surface area (Å²) in [6.45, 7) is 0.621. The molecule has 0 spiro atoms. The van der Waals surface area contributed by atoms with Gasteiger partial charge in [0.2, 0.25) is 0 Å². The lowest BCUT2D eigenvalue weighted by Crippen LogP contribution is -2.40. The Morgan fingerprint density at radius 2 is 1.81 bits per heavy atom. The van der Waals surface area contributed by atoms with Crippen LogP contribution in [0.15, 0.2) is 59.1 Å². The molecule has 1 aliphatic rings. The minimum Gasteiger partial charge on any atom is -0.440 e. The molecule has 158 valence electrons. The summed E-state index contributed by atoms with van der Waals surface area (Å²) in [4.78, 5) is 23.2. The minimum atomic E-state index is -4.68. The van der Waals surface area contributed by atoms with Gasteiger partial charge in [0.1, 0.15) is 5.52 Å². The summed E-state index contributed by atoms with van der Waals surface area (Å²) in [5.41, 5.74) is 0.212. The number of pyridine rings is 1. The fourth-order valence-corrected chi connectivity index (χ4v) is 4.21. The number of rotatable bonds is 2. The summed E-state index contributed by atoms with van der Waals surface area (Å²) in [6, 6.07) is 13.3. The van der Waals surface area contributed by atoms with Crippen molar-refractivity contribution in [2.45, 2.75) is 24.9 Å². The molecule has 8 heteroatoms. The van der Waals surface area contributed by atoms with Crippen molar-refractivity contribution in [3.05, 3.63) is 71.7 Å². The number of piperidine rings is 1. The van der Waals surface area contributed by atoms with Gasteiger partial charge in [0.15, 0.2) is 11.5 Å². The summed E-state index contributed by atoms with van der Waals surface area (Å²) in [6.07, 6.45) is -2.24. The molecule has 2 aromatic heterocycles. The molecule has 1 atom stereocenters. The molecule has 1 fully saturated rings.